The average molecular weight is 350 g/mol. The fourth-order valence-corrected chi connectivity index (χ4v) is 7.72. The fraction of sp³-hybridized carbons (Fsp3) is 0.923. The molecule has 4 nitrogen and oxygen atoms in total. The summed E-state index contributed by atoms with van der Waals surface area (Å²) in [6, 6.07) is -0.112. The average Bonchev–Trinajstić information content (AvgIpc) is 2.74. The van der Waals surface area contributed by atoms with Crippen molar-refractivity contribution < 1.29 is 13.2 Å². The van der Waals surface area contributed by atoms with Crippen LogP contribution in [0.2, 0.25) is 0 Å². The largest absolute Gasteiger partial charge is 0.273 e. The lowest BCUT2D eigenvalue weighted by Crippen LogP contribution is -2.46. The van der Waals surface area contributed by atoms with Crippen molar-refractivity contribution in [3.63, 3.8) is 0 Å². The molecule has 3 aliphatic rings. The van der Waals surface area contributed by atoms with E-state index in [-0.39, 0.29) is 28.5 Å². The smallest absolute Gasteiger partial charge is 0.249 e. The maximum atomic E-state index is 12.5. The lowest BCUT2D eigenvalue weighted by atomic mass is 9.69. The third kappa shape index (κ3) is 1.50. The SMILES string of the molecule is C[C@@H](Br)C(=O)N1[C@@H]2C[C@H]3CC[C@]2(CS1(=O)=O)C3(C)C. The maximum absolute atomic E-state index is 12.5. The van der Waals surface area contributed by atoms with Gasteiger partial charge in [0.1, 0.15) is 0 Å². The summed E-state index contributed by atoms with van der Waals surface area (Å²) >= 11 is 3.22. The predicted molar refractivity (Wildman–Crippen MR) is 76.4 cm³/mol. The number of hydrogen-bond acceptors (Lipinski definition) is 3. The number of sulfonamides is 1. The van der Waals surface area contributed by atoms with Crippen molar-refractivity contribution in [3.8, 4) is 0 Å². The Kier molecular flexibility index (Phi) is 2.74. The van der Waals surface area contributed by atoms with Gasteiger partial charge in [-0.05, 0) is 37.5 Å². The van der Waals surface area contributed by atoms with E-state index in [4.69, 9.17) is 0 Å². The van der Waals surface area contributed by atoms with E-state index in [0.29, 0.717) is 5.92 Å². The molecule has 3 rings (SSSR count). The Hall–Kier alpha value is -0.100. The van der Waals surface area contributed by atoms with E-state index < -0.39 is 14.9 Å². The van der Waals surface area contributed by atoms with Crippen LogP contribution in [0.1, 0.15) is 40.0 Å². The summed E-state index contributed by atoms with van der Waals surface area (Å²) in [5.74, 6) is 0.402. The summed E-state index contributed by atoms with van der Waals surface area (Å²) < 4.78 is 26.2. The van der Waals surface area contributed by atoms with E-state index in [1.165, 1.54) is 4.31 Å². The third-order valence-corrected chi connectivity index (χ3v) is 8.27. The second-order valence-electron chi connectivity index (χ2n) is 6.87. The molecule has 4 atom stereocenters. The van der Waals surface area contributed by atoms with Crippen molar-refractivity contribution in [2.45, 2.75) is 50.9 Å². The van der Waals surface area contributed by atoms with Gasteiger partial charge in [0, 0.05) is 5.41 Å². The van der Waals surface area contributed by atoms with Crippen LogP contribution in [0.25, 0.3) is 0 Å². The summed E-state index contributed by atoms with van der Waals surface area (Å²) in [6.45, 7) is 6.07. The van der Waals surface area contributed by atoms with Crippen molar-refractivity contribution in [2.24, 2.45) is 16.7 Å². The molecule has 2 saturated carbocycles. The number of amides is 1. The first kappa shape index (κ1) is 13.9. The lowest BCUT2D eigenvalue weighted by Gasteiger charge is -2.37. The van der Waals surface area contributed by atoms with Gasteiger partial charge in [-0.25, -0.2) is 12.7 Å². The van der Waals surface area contributed by atoms with Crippen LogP contribution in [0.4, 0.5) is 0 Å². The second-order valence-corrected chi connectivity index (χ2v) is 10.1. The van der Waals surface area contributed by atoms with Crippen molar-refractivity contribution in [3.05, 3.63) is 0 Å². The zero-order valence-electron chi connectivity index (χ0n) is 11.5. The molecular formula is C13H20BrNO3S. The number of rotatable bonds is 1. The first-order chi connectivity index (χ1) is 8.63. The zero-order valence-corrected chi connectivity index (χ0v) is 13.9. The number of nitrogens with zero attached hydrogens (tertiary/aromatic N) is 1. The van der Waals surface area contributed by atoms with Crippen LogP contribution in [0.5, 0.6) is 0 Å². The normalized spacial score (nSPS) is 43.3. The monoisotopic (exact) mass is 349 g/mol. The van der Waals surface area contributed by atoms with E-state index in [0.717, 1.165) is 19.3 Å². The van der Waals surface area contributed by atoms with Crippen LogP contribution >= 0.6 is 15.9 Å². The summed E-state index contributed by atoms with van der Waals surface area (Å²) in [5, 5.41) is 0. The summed E-state index contributed by atoms with van der Waals surface area (Å²) in [7, 11) is -3.45. The molecule has 1 saturated heterocycles. The molecule has 3 fully saturated rings. The molecule has 0 unspecified atom stereocenters. The first-order valence-electron chi connectivity index (χ1n) is 6.83. The van der Waals surface area contributed by atoms with Gasteiger partial charge in [0.05, 0.1) is 16.6 Å². The van der Waals surface area contributed by atoms with E-state index in [2.05, 4.69) is 29.8 Å². The van der Waals surface area contributed by atoms with Gasteiger partial charge in [0.15, 0.2) is 0 Å². The number of carbonyl (C=O) groups is 1. The number of alkyl halides is 1. The lowest BCUT2D eigenvalue weighted by molar-refractivity contribution is -0.128. The van der Waals surface area contributed by atoms with E-state index >= 15 is 0 Å². The third-order valence-electron chi connectivity index (χ3n) is 5.97. The predicted octanol–water partition coefficient (Wildman–Crippen LogP) is 2.14. The van der Waals surface area contributed by atoms with Crippen molar-refractivity contribution in [1.29, 1.82) is 0 Å². The Balaban J connectivity index is 2.09. The van der Waals surface area contributed by atoms with Gasteiger partial charge in [-0.15, -0.1) is 0 Å². The second kappa shape index (κ2) is 3.75. The highest BCUT2D eigenvalue weighted by Crippen LogP contribution is 2.70. The molecule has 0 N–H and O–H groups in total. The van der Waals surface area contributed by atoms with E-state index in [1.807, 2.05) is 0 Å². The molecule has 0 aromatic carbocycles. The van der Waals surface area contributed by atoms with Gasteiger partial charge in [0.2, 0.25) is 15.9 Å². The molecule has 0 aromatic heterocycles. The zero-order chi connectivity index (χ0) is 14.2. The van der Waals surface area contributed by atoms with E-state index in [9.17, 15) is 13.2 Å². The fourth-order valence-electron chi connectivity index (χ4n) is 4.75. The van der Waals surface area contributed by atoms with E-state index in [1.54, 1.807) is 6.92 Å². The molecule has 2 bridgehead atoms. The Bertz CT molecular complexity index is 542. The van der Waals surface area contributed by atoms with Crippen LogP contribution < -0.4 is 0 Å². The topological polar surface area (TPSA) is 54.5 Å². The van der Waals surface area contributed by atoms with Crippen molar-refractivity contribution >= 4 is 31.9 Å². The molecule has 0 radical (unpaired) electrons. The molecule has 1 amide bonds. The minimum atomic E-state index is -3.45. The molecule has 1 spiro atoms. The highest BCUT2D eigenvalue weighted by Gasteiger charge is 2.72. The van der Waals surface area contributed by atoms with Crippen LogP contribution in [0, 0.1) is 16.7 Å². The summed E-state index contributed by atoms with van der Waals surface area (Å²) in [4.78, 5) is 11.8. The maximum Gasteiger partial charge on any atom is 0.249 e. The first-order valence-corrected chi connectivity index (χ1v) is 9.36. The number of carbonyl (C=O) groups excluding carboxylic acids is 1. The highest BCUT2D eigenvalue weighted by molar-refractivity contribution is 9.10. The Morgan fingerprint density at radius 3 is 2.58 bits per heavy atom. The van der Waals surface area contributed by atoms with Crippen LogP contribution in [0.3, 0.4) is 0 Å². The van der Waals surface area contributed by atoms with Crippen molar-refractivity contribution in [1.82, 2.24) is 4.31 Å². The van der Waals surface area contributed by atoms with Gasteiger partial charge >= 0.3 is 0 Å². The van der Waals surface area contributed by atoms with Gasteiger partial charge in [-0.2, -0.15) is 0 Å². The van der Waals surface area contributed by atoms with Gasteiger partial charge in [0.25, 0.3) is 0 Å². The number of halogens is 1. The molecule has 108 valence electrons. The molecule has 2 aliphatic carbocycles. The quantitative estimate of drug-likeness (QED) is 0.681. The van der Waals surface area contributed by atoms with Gasteiger partial charge in [-0.1, -0.05) is 29.8 Å². The summed E-state index contributed by atoms with van der Waals surface area (Å²) in [5.41, 5.74) is -0.191. The Morgan fingerprint density at radius 2 is 2.05 bits per heavy atom. The molecular weight excluding hydrogens is 330 g/mol. The van der Waals surface area contributed by atoms with Gasteiger partial charge in [-0.3, -0.25) is 4.79 Å². The molecule has 1 heterocycles. The Labute approximate surface area is 123 Å². The highest BCUT2D eigenvalue weighted by atomic mass is 79.9. The van der Waals surface area contributed by atoms with Gasteiger partial charge < -0.3 is 0 Å². The molecule has 6 heteroatoms. The van der Waals surface area contributed by atoms with Crippen LogP contribution in [0.15, 0.2) is 0 Å². The Morgan fingerprint density at radius 1 is 1.42 bits per heavy atom. The summed E-state index contributed by atoms with van der Waals surface area (Å²) in [6.07, 6.45) is 2.89. The molecule has 0 aromatic rings. The van der Waals surface area contributed by atoms with Crippen LogP contribution in [-0.4, -0.2) is 35.3 Å². The standard InChI is InChI=1S/C13H20BrNO3S/c1-8(14)11(16)15-10-6-9-4-5-13(10,12(9,2)3)7-19(15,17)18/h8-10H,4-7H2,1-3H3/t8-,9-,10-,13-/m1/s1. The number of fused-ring (bicyclic) bond motifs is 1. The minimum absolute atomic E-state index is 0.0231. The minimum Gasteiger partial charge on any atom is -0.273 e. The molecule has 19 heavy (non-hydrogen) atoms. The number of hydrogen-bond donors (Lipinski definition) is 0. The van der Waals surface area contributed by atoms with Crippen molar-refractivity contribution in [2.75, 3.05) is 5.75 Å². The van der Waals surface area contributed by atoms with Crippen LogP contribution in [-0.2, 0) is 14.8 Å². The molecule has 1 aliphatic heterocycles.